The molecule has 0 saturated heterocycles. The van der Waals surface area contributed by atoms with Gasteiger partial charge in [-0.2, -0.15) is 0 Å². The third-order valence-electron chi connectivity index (χ3n) is 3.18. The molecule has 0 aliphatic heterocycles. The number of H-pyrrole nitrogens is 1. The topological polar surface area (TPSA) is 74.0 Å². The van der Waals surface area contributed by atoms with Gasteiger partial charge in [-0.05, 0) is 25.0 Å². The minimum Gasteiger partial charge on any atom is -0.361 e. The van der Waals surface area contributed by atoms with Crippen LogP contribution in [0.4, 0.5) is 0 Å². The van der Waals surface area contributed by atoms with Gasteiger partial charge in [-0.1, -0.05) is 18.2 Å². The molecule has 106 valence electrons. The van der Waals surface area contributed by atoms with E-state index in [1.807, 2.05) is 24.4 Å². The van der Waals surface area contributed by atoms with Crippen molar-refractivity contribution in [2.75, 3.05) is 6.54 Å². The first-order valence-electron chi connectivity index (χ1n) is 6.67. The van der Waals surface area contributed by atoms with E-state index in [-0.39, 0.29) is 11.8 Å². The van der Waals surface area contributed by atoms with Crippen molar-refractivity contribution >= 4 is 22.7 Å². The number of hydrogen-bond donors (Lipinski definition) is 3. The summed E-state index contributed by atoms with van der Waals surface area (Å²) in [5.41, 5.74) is 2.27. The maximum Gasteiger partial charge on any atom is 0.242 e. The Morgan fingerprint density at radius 2 is 2.05 bits per heavy atom. The Morgan fingerprint density at radius 1 is 1.30 bits per heavy atom. The number of carbonyl (C=O) groups excluding carboxylic acids is 2. The van der Waals surface area contributed by atoms with Gasteiger partial charge in [-0.15, -0.1) is 0 Å². The summed E-state index contributed by atoms with van der Waals surface area (Å²) in [4.78, 5) is 25.8. The van der Waals surface area contributed by atoms with Gasteiger partial charge in [0.05, 0.1) is 0 Å². The smallest absolute Gasteiger partial charge is 0.242 e. The van der Waals surface area contributed by atoms with E-state index in [2.05, 4.69) is 21.7 Å². The minimum absolute atomic E-state index is 0.167. The van der Waals surface area contributed by atoms with Crippen LogP contribution in [0, 0.1) is 0 Å². The average molecular weight is 273 g/mol. The van der Waals surface area contributed by atoms with Crippen LogP contribution in [0.5, 0.6) is 0 Å². The molecule has 0 fully saturated rings. The molecule has 2 rings (SSSR count). The van der Waals surface area contributed by atoms with Crippen molar-refractivity contribution in [3.05, 3.63) is 36.0 Å². The second-order valence-electron chi connectivity index (χ2n) is 4.82. The van der Waals surface area contributed by atoms with Crippen LogP contribution in [0.2, 0.25) is 0 Å². The van der Waals surface area contributed by atoms with Crippen LogP contribution in [-0.2, 0) is 16.0 Å². The summed E-state index contributed by atoms with van der Waals surface area (Å²) in [5.74, 6) is -0.371. The van der Waals surface area contributed by atoms with Crippen molar-refractivity contribution in [2.45, 2.75) is 26.3 Å². The first-order valence-corrected chi connectivity index (χ1v) is 6.67. The number of hydrogen-bond acceptors (Lipinski definition) is 2. The van der Waals surface area contributed by atoms with Crippen LogP contribution >= 0.6 is 0 Å². The number of fused-ring (bicyclic) bond motifs is 1. The van der Waals surface area contributed by atoms with Crippen LogP contribution < -0.4 is 10.6 Å². The maximum atomic E-state index is 11.7. The molecular formula is C15H19N3O2. The van der Waals surface area contributed by atoms with Crippen molar-refractivity contribution in [3.8, 4) is 0 Å². The molecule has 2 aromatic rings. The largest absolute Gasteiger partial charge is 0.361 e. The molecule has 2 amide bonds. The molecule has 0 bridgehead atoms. The zero-order valence-electron chi connectivity index (χ0n) is 11.7. The Morgan fingerprint density at radius 3 is 2.80 bits per heavy atom. The molecule has 3 N–H and O–H groups in total. The Bertz CT molecular complexity index is 618. The van der Waals surface area contributed by atoms with Gasteiger partial charge in [0.1, 0.15) is 6.04 Å². The summed E-state index contributed by atoms with van der Waals surface area (Å²) in [6.07, 6.45) is 2.72. The monoisotopic (exact) mass is 273 g/mol. The normalized spacial score (nSPS) is 12.1. The summed E-state index contributed by atoms with van der Waals surface area (Å²) >= 11 is 0. The molecule has 20 heavy (non-hydrogen) atoms. The second kappa shape index (κ2) is 6.23. The minimum atomic E-state index is -0.504. The number of rotatable bonds is 5. The van der Waals surface area contributed by atoms with Gasteiger partial charge in [-0.3, -0.25) is 9.59 Å². The van der Waals surface area contributed by atoms with E-state index in [1.54, 1.807) is 6.92 Å². The zero-order valence-corrected chi connectivity index (χ0v) is 11.7. The zero-order chi connectivity index (χ0) is 14.5. The van der Waals surface area contributed by atoms with Gasteiger partial charge in [0.2, 0.25) is 11.8 Å². The van der Waals surface area contributed by atoms with Gasteiger partial charge in [-0.25, -0.2) is 0 Å². The number of aromatic amines is 1. The van der Waals surface area contributed by atoms with E-state index in [4.69, 9.17) is 0 Å². The number of aromatic nitrogens is 1. The van der Waals surface area contributed by atoms with E-state index in [0.717, 1.165) is 11.9 Å². The quantitative estimate of drug-likeness (QED) is 0.769. The molecule has 5 heteroatoms. The molecule has 5 nitrogen and oxygen atoms in total. The van der Waals surface area contributed by atoms with Crippen molar-refractivity contribution in [1.29, 1.82) is 0 Å². The lowest BCUT2D eigenvalue weighted by Crippen LogP contribution is -2.44. The van der Waals surface area contributed by atoms with Gasteiger partial charge in [0.25, 0.3) is 0 Å². The molecule has 1 heterocycles. The Balaban J connectivity index is 1.87. The summed E-state index contributed by atoms with van der Waals surface area (Å²) in [6.45, 7) is 3.61. The number of nitrogens with one attached hydrogen (secondary N) is 3. The molecule has 1 aromatic heterocycles. The first-order chi connectivity index (χ1) is 9.58. The maximum absolute atomic E-state index is 11.7. The highest BCUT2D eigenvalue weighted by Gasteiger charge is 2.12. The molecular weight excluding hydrogens is 254 g/mol. The standard InChI is InChI=1S/C15H19N3O2/c1-10(18-11(2)19)15(20)16-8-7-12-9-17-14-6-4-3-5-13(12)14/h3-6,9-10,17H,7-8H2,1-2H3,(H,16,20)(H,18,19). The molecule has 0 aliphatic rings. The molecule has 1 unspecified atom stereocenters. The predicted octanol–water partition coefficient (Wildman–Crippen LogP) is 1.35. The number of carbonyl (C=O) groups is 2. The Hall–Kier alpha value is -2.30. The molecule has 0 saturated carbocycles. The van der Waals surface area contributed by atoms with Crippen LogP contribution in [0.15, 0.2) is 30.5 Å². The lowest BCUT2D eigenvalue weighted by atomic mass is 10.1. The van der Waals surface area contributed by atoms with Crippen molar-refractivity contribution in [1.82, 2.24) is 15.6 Å². The molecule has 0 radical (unpaired) electrons. The van der Waals surface area contributed by atoms with Crippen molar-refractivity contribution < 1.29 is 9.59 Å². The number of amides is 2. The predicted molar refractivity (Wildman–Crippen MR) is 78.3 cm³/mol. The average Bonchev–Trinajstić information content (AvgIpc) is 2.81. The van der Waals surface area contributed by atoms with E-state index >= 15 is 0 Å². The van der Waals surface area contributed by atoms with E-state index in [9.17, 15) is 9.59 Å². The van der Waals surface area contributed by atoms with Crippen LogP contribution in [0.25, 0.3) is 10.9 Å². The molecule has 1 aromatic carbocycles. The fourth-order valence-corrected chi connectivity index (χ4v) is 2.18. The number of para-hydroxylation sites is 1. The van der Waals surface area contributed by atoms with Gasteiger partial charge in [0, 0.05) is 30.6 Å². The summed E-state index contributed by atoms with van der Waals surface area (Å²) in [7, 11) is 0. The fourth-order valence-electron chi connectivity index (χ4n) is 2.18. The summed E-state index contributed by atoms with van der Waals surface area (Å²) < 4.78 is 0. The molecule has 0 spiro atoms. The van der Waals surface area contributed by atoms with Crippen molar-refractivity contribution in [2.24, 2.45) is 0 Å². The van der Waals surface area contributed by atoms with Gasteiger partial charge in [0.15, 0.2) is 0 Å². The highest BCUT2D eigenvalue weighted by atomic mass is 16.2. The first kappa shape index (κ1) is 14.1. The van der Waals surface area contributed by atoms with Crippen LogP contribution in [-0.4, -0.2) is 29.4 Å². The summed E-state index contributed by atoms with van der Waals surface area (Å²) in [6, 6.07) is 7.56. The van der Waals surface area contributed by atoms with Crippen LogP contribution in [0.1, 0.15) is 19.4 Å². The SMILES string of the molecule is CC(=O)NC(C)C(=O)NCCc1c[nH]c2ccccc12. The fraction of sp³-hybridized carbons (Fsp3) is 0.333. The van der Waals surface area contributed by atoms with E-state index < -0.39 is 6.04 Å². The Kier molecular flexibility index (Phi) is 4.40. The third-order valence-corrected chi connectivity index (χ3v) is 3.18. The highest BCUT2D eigenvalue weighted by molar-refractivity contribution is 5.86. The van der Waals surface area contributed by atoms with Crippen molar-refractivity contribution in [3.63, 3.8) is 0 Å². The van der Waals surface area contributed by atoms with Gasteiger partial charge < -0.3 is 15.6 Å². The Labute approximate surface area is 117 Å². The highest BCUT2D eigenvalue weighted by Crippen LogP contribution is 2.17. The van der Waals surface area contributed by atoms with Crippen LogP contribution in [0.3, 0.4) is 0 Å². The second-order valence-corrected chi connectivity index (χ2v) is 4.82. The molecule has 0 aliphatic carbocycles. The molecule has 1 atom stereocenters. The lowest BCUT2D eigenvalue weighted by molar-refractivity contribution is -0.127. The van der Waals surface area contributed by atoms with Gasteiger partial charge >= 0.3 is 0 Å². The summed E-state index contributed by atoms with van der Waals surface area (Å²) in [5, 5.41) is 6.56. The third kappa shape index (κ3) is 3.38. The van der Waals surface area contributed by atoms with E-state index in [0.29, 0.717) is 6.54 Å². The van der Waals surface area contributed by atoms with E-state index in [1.165, 1.54) is 17.9 Å². The lowest BCUT2D eigenvalue weighted by Gasteiger charge is -2.12. The number of benzene rings is 1.